The van der Waals surface area contributed by atoms with Crippen molar-refractivity contribution in [2.24, 2.45) is 0 Å². The molecule has 0 atom stereocenters. The summed E-state index contributed by atoms with van der Waals surface area (Å²) in [5, 5.41) is 3.31. The van der Waals surface area contributed by atoms with Crippen molar-refractivity contribution in [3.63, 3.8) is 0 Å². The van der Waals surface area contributed by atoms with Gasteiger partial charge in [-0.1, -0.05) is 6.07 Å². The molecule has 0 spiro atoms. The molecule has 1 aromatic carbocycles. The van der Waals surface area contributed by atoms with E-state index in [-0.39, 0.29) is 5.82 Å². The lowest BCUT2D eigenvalue weighted by Crippen LogP contribution is -2.43. The van der Waals surface area contributed by atoms with Crippen LogP contribution in [0.3, 0.4) is 0 Å². The summed E-state index contributed by atoms with van der Waals surface area (Å²) < 4.78 is 14.1. The van der Waals surface area contributed by atoms with E-state index in [2.05, 4.69) is 21.3 Å². The lowest BCUT2D eigenvalue weighted by molar-refractivity contribution is 0.230. The minimum absolute atomic E-state index is 0.127. The van der Waals surface area contributed by atoms with Crippen LogP contribution in [0, 0.1) is 12.7 Å². The summed E-state index contributed by atoms with van der Waals surface area (Å²) in [5.41, 5.74) is 3.94. The molecule has 110 valence electrons. The second-order valence-corrected chi connectivity index (χ2v) is 5.58. The normalized spacial score (nSPS) is 16.1. The molecule has 1 aromatic heterocycles. The number of pyridine rings is 1. The molecule has 2 heterocycles. The molecule has 1 fully saturated rings. The molecule has 0 bridgehead atoms. The molecule has 2 aromatic rings. The van der Waals surface area contributed by atoms with Crippen molar-refractivity contribution < 1.29 is 4.39 Å². The number of aryl methyl sites for hydroxylation is 1. The predicted octanol–water partition coefficient (Wildman–Crippen LogP) is 2.60. The highest BCUT2D eigenvalue weighted by Gasteiger charge is 2.13. The van der Waals surface area contributed by atoms with Gasteiger partial charge in [-0.2, -0.15) is 0 Å². The van der Waals surface area contributed by atoms with E-state index >= 15 is 0 Å². The van der Waals surface area contributed by atoms with Crippen LogP contribution in [0.25, 0.3) is 11.1 Å². The van der Waals surface area contributed by atoms with Crippen molar-refractivity contribution in [2.75, 3.05) is 26.2 Å². The molecule has 0 saturated carbocycles. The van der Waals surface area contributed by atoms with E-state index in [9.17, 15) is 4.39 Å². The van der Waals surface area contributed by atoms with E-state index in [0.717, 1.165) is 48.4 Å². The van der Waals surface area contributed by atoms with Crippen LogP contribution in [-0.4, -0.2) is 36.1 Å². The Morgan fingerprint density at radius 3 is 2.71 bits per heavy atom. The molecule has 4 heteroatoms. The maximum Gasteiger partial charge on any atom is 0.127 e. The maximum absolute atomic E-state index is 14.1. The first-order valence-electron chi connectivity index (χ1n) is 7.36. The number of rotatable bonds is 3. The average molecular weight is 285 g/mol. The molecule has 3 nitrogen and oxygen atoms in total. The Labute approximate surface area is 124 Å². The lowest BCUT2D eigenvalue weighted by atomic mass is 10.0. The van der Waals surface area contributed by atoms with Crippen molar-refractivity contribution in [3.05, 3.63) is 53.6 Å². The van der Waals surface area contributed by atoms with Gasteiger partial charge in [-0.05, 0) is 36.2 Å². The monoisotopic (exact) mass is 285 g/mol. The summed E-state index contributed by atoms with van der Waals surface area (Å²) in [4.78, 5) is 6.50. The Balaban J connectivity index is 1.85. The summed E-state index contributed by atoms with van der Waals surface area (Å²) >= 11 is 0. The number of aromatic nitrogens is 1. The third kappa shape index (κ3) is 3.46. The molecule has 21 heavy (non-hydrogen) atoms. The zero-order valence-corrected chi connectivity index (χ0v) is 12.3. The van der Waals surface area contributed by atoms with Crippen molar-refractivity contribution >= 4 is 0 Å². The predicted molar refractivity (Wildman–Crippen MR) is 82.5 cm³/mol. The van der Waals surface area contributed by atoms with Crippen LogP contribution in [0.5, 0.6) is 0 Å². The van der Waals surface area contributed by atoms with Crippen molar-refractivity contribution in [1.82, 2.24) is 15.2 Å². The van der Waals surface area contributed by atoms with E-state index < -0.39 is 0 Å². The van der Waals surface area contributed by atoms with Gasteiger partial charge < -0.3 is 5.32 Å². The number of piperazine rings is 1. The van der Waals surface area contributed by atoms with Gasteiger partial charge in [-0.3, -0.25) is 9.88 Å². The number of nitrogens with zero attached hydrogens (tertiary/aromatic N) is 2. The maximum atomic E-state index is 14.1. The highest BCUT2D eigenvalue weighted by atomic mass is 19.1. The first-order valence-corrected chi connectivity index (χ1v) is 7.36. The first kappa shape index (κ1) is 14.2. The number of hydrogen-bond acceptors (Lipinski definition) is 3. The summed E-state index contributed by atoms with van der Waals surface area (Å²) in [6.45, 7) is 6.57. The molecule has 3 rings (SSSR count). The Morgan fingerprint density at radius 2 is 1.95 bits per heavy atom. The third-order valence-corrected chi connectivity index (χ3v) is 3.86. The van der Waals surface area contributed by atoms with Gasteiger partial charge in [0.15, 0.2) is 0 Å². The molecule has 1 aliphatic heterocycles. The second-order valence-electron chi connectivity index (χ2n) is 5.58. The van der Waals surface area contributed by atoms with E-state index in [1.165, 1.54) is 0 Å². The van der Waals surface area contributed by atoms with Gasteiger partial charge in [-0.15, -0.1) is 0 Å². The minimum atomic E-state index is -0.127. The Hall–Kier alpha value is -1.78. The Bertz CT molecular complexity index is 621. The summed E-state index contributed by atoms with van der Waals surface area (Å²) in [7, 11) is 0. The third-order valence-electron chi connectivity index (χ3n) is 3.86. The molecule has 0 unspecified atom stereocenters. The fourth-order valence-corrected chi connectivity index (χ4v) is 2.70. The molecule has 1 N–H and O–H groups in total. The van der Waals surface area contributed by atoms with E-state index in [1.54, 1.807) is 6.07 Å². The lowest BCUT2D eigenvalue weighted by Gasteiger charge is -2.27. The summed E-state index contributed by atoms with van der Waals surface area (Å²) in [5.74, 6) is -0.127. The van der Waals surface area contributed by atoms with Gasteiger partial charge in [0, 0.05) is 56.2 Å². The minimum Gasteiger partial charge on any atom is -0.314 e. The number of nitrogens with one attached hydrogen (secondary N) is 1. The number of hydrogen-bond donors (Lipinski definition) is 1. The second kappa shape index (κ2) is 6.33. The summed E-state index contributed by atoms with van der Waals surface area (Å²) in [6.07, 6.45) is 3.66. The molecular formula is C17H20FN3. The molecule has 0 radical (unpaired) electrons. The van der Waals surface area contributed by atoms with Crippen LogP contribution >= 0.6 is 0 Å². The van der Waals surface area contributed by atoms with Gasteiger partial charge in [0.25, 0.3) is 0 Å². The smallest absolute Gasteiger partial charge is 0.127 e. The van der Waals surface area contributed by atoms with Gasteiger partial charge >= 0.3 is 0 Å². The highest BCUT2D eigenvalue weighted by Crippen LogP contribution is 2.23. The van der Waals surface area contributed by atoms with E-state index in [4.69, 9.17) is 0 Å². The van der Waals surface area contributed by atoms with Gasteiger partial charge in [0.05, 0.1) is 0 Å². The first-order chi connectivity index (χ1) is 10.2. The zero-order valence-electron chi connectivity index (χ0n) is 12.3. The molecule has 1 aliphatic rings. The van der Waals surface area contributed by atoms with Gasteiger partial charge in [0.2, 0.25) is 0 Å². The van der Waals surface area contributed by atoms with Crippen LogP contribution in [0.1, 0.15) is 11.1 Å². The Kier molecular flexibility index (Phi) is 4.27. The van der Waals surface area contributed by atoms with Crippen LogP contribution in [0.2, 0.25) is 0 Å². The fourth-order valence-electron chi connectivity index (χ4n) is 2.70. The average Bonchev–Trinajstić information content (AvgIpc) is 2.50. The molecule has 0 amide bonds. The van der Waals surface area contributed by atoms with E-state index in [0.29, 0.717) is 6.54 Å². The number of benzene rings is 1. The van der Waals surface area contributed by atoms with Crippen LogP contribution < -0.4 is 5.32 Å². The fraction of sp³-hybridized carbons (Fsp3) is 0.353. The largest absolute Gasteiger partial charge is 0.314 e. The molecule has 0 aliphatic carbocycles. The van der Waals surface area contributed by atoms with Crippen molar-refractivity contribution in [1.29, 1.82) is 0 Å². The van der Waals surface area contributed by atoms with Gasteiger partial charge in [0.1, 0.15) is 5.82 Å². The van der Waals surface area contributed by atoms with E-state index in [1.807, 2.05) is 31.5 Å². The topological polar surface area (TPSA) is 28.2 Å². The quantitative estimate of drug-likeness (QED) is 0.939. The molecule has 1 saturated heterocycles. The van der Waals surface area contributed by atoms with Gasteiger partial charge in [-0.25, -0.2) is 4.39 Å². The zero-order chi connectivity index (χ0) is 14.7. The van der Waals surface area contributed by atoms with Crippen LogP contribution in [0.4, 0.5) is 4.39 Å². The summed E-state index contributed by atoms with van der Waals surface area (Å²) in [6, 6.07) is 7.42. The molecular weight excluding hydrogens is 265 g/mol. The van der Waals surface area contributed by atoms with Crippen LogP contribution in [0.15, 0.2) is 36.7 Å². The highest BCUT2D eigenvalue weighted by molar-refractivity contribution is 5.63. The van der Waals surface area contributed by atoms with Crippen molar-refractivity contribution in [3.8, 4) is 11.1 Å². The van der Waals surface area contributed by atoms with Crippen LogP contribution in [-0.2, 0) is 6.54 Å². The Morgan fingerprint density at radius 1 is 1.14 bits per heavy atom. The SMILES string of the molecule is Cc1cncc(-c2ccc(F)c(CN3CCNCC3)c2)c1. The standard InChI is InChI=1S/C17H20FN3/c1-13-8-15(11-20-10-13)14-2-3-17(18)16(9-14)12-21-6-4-19-5-7-21/h2-3,8-11,19H,4-7,12H2,1H3. The number of halogens is 1. The van der Waals surface area contributed by atoms with Crippen molar-refractivity contribution in [2.45, 2.75) is 13.5 Å².